The third-order valence-corrected chi connectivity index (χ3v) is 3.77. The number of rotatable bonds is 4. The molecule has 0 aliphatic carbocycles. The van der Waals surface area contributed by atoms with Gasteiger partial charge < -0.3 is 0 Å². The number of aromatic nitrogens is 1. The number of benzene rings is 2. The summed E-state index contributed by atoms with van der Waals surface area (Å²) in [5.41, 5.74) is 2.89. The van der Waals surface area contributed by atoms with E-state index in [0.29, 0.717) is 22.8 Å². The molecule has 0 unspecified atom stereocenters. The number of aliphatic imine (C=N–C) groups is 2. The third-order valence-electron chi connectivity index (χ3n) is 3.77. The van der Waals surface area contributed by atoms with E-state index in [1.54, 1.807) is 62.4 Å². The summed E-state index contributed by atoms with van der Waals surface area (Å²) in [5, 5.41) is 0. The van der Waals surface area contributed by atoms with Crippen molar-refractivity contribution < 1.29 is 25.8 Å². The van der Waals surface area contributed by atoms with Gasteiger partial charge in [0.25, 0.3) is 0 Å². The van der Waals surface area contributed by atoms with E-state index in [0.717, 1.165) is 0 Å². The van der Waals surface area contributed by atoms with Crippen molar-refractivity contribution in [2.75, 3.05) is 0 Å². The first-order valence-corrected chi connectivity index (χ1v) is 8.12. The van der Waals surface area contributed by atoms with Crippen molar-refractivity contribution >= 4 is 35.2 Å². The molecule has 1 heterocycles. The van der Waals surface area contributed by atoms with E-state index in [-0.39, 0.29) is 52.5 Å². The number of nitrogens with zero attached hydrogens (tertiary/aromatic N) is 3. The predicted octanol–water partition coefficient (Wildman–Crippen LogP) is 6.06. The van der Waals surface area contributed by atoms with Crippen molar-refractivity contribution in [1.82, 2.24) is 4.98 Å². The predicted molar refractivity (Wildman–Crippen MR) is 108 cm³/mol. The maximum Gasteiger partial charge on any atom is 0.148 e. The minimum absolute atomic E-state index is 0. The second-order valence-corrected chi connectivity index (χ2v) is 5.71. The molecule has 0 radical (unpaired) electrons. The van der Waals surface area contributed by atoms with E-state index in [1.807, 2.05) is 6.07 Å². The summed E-state index contributed by atoms with van der Waals surface area (Å²) in [6.45, 7) is 3.53. The Labute approximate surface area is 179 Å². The maximum absolute atomic E-state index is 13.8. The van der Waals surface area contributed by atoms with E-state index < -0.39 is 0 Å². The Kier molecular flexibility index (Phi) is 9.13. The molecule has 7 heteroatoms. The van der Waals surface area contributed by atoms with E-state index in [1.165, 1.54) is 12.1 Å². The largest absolute Gasteiger partial charge is 0.248 e. The molecular formula is C21H18ClF2FeN3. The molecule has 0 N–H and O–H groups in total. The number of halogens is 3. The summed E-state index contributed by atoms with van der Waals surface area (Å²) in [7, 11) is 0. The fourth-order valence-corrected chi connectivity index (χ4v) is 2.40. The SMILES string of the molecule is C/C(=N\c1ccccc1F)c1cccc(/C(C)=N/c2ccccc2F)n1.Cl.[Fe]. The molecule has 0 aliphatic heterocycles. The van der Waals surface area contributed by atoms with Gasteiger partial charge in [-0.15, -0.1) is 12.4 Å². The smallest absolute Gasteiger partial charge is 0.148 e. The molecule has 28 heavy (non-hydrogen) atoms. The molecule has 0 saturated heterocycles. The first-order chi connectivity index (χ1) is 12.5. The summed E-state index contributed by atoms with van der Waals surface area (Å²) in [5.74, 6) is -0.777. The summed E-state index contributed by atoms with van der Waals surface area (Å²) in [4.78, 5) is 13.1. The van der Waals surface area contributed by atoms with Crippen LogP contribution in [0.25, 0.3) is 0 Å². The molecule has 3 aromatic rings. The normalized spacial score (nSPS) is 11.4. The van der Waals surface area contributed by atoms with Gasteiger partial charge in [-0.05, 0) is 50.2 Å². The van der Waals surface area contributed by atoms with Crippen LogP contribution in [-0.2, 0) is 17.1 Å². The number of hydrogen-bond donors (Lipinski definition) is 0. The zero-order valence-electron chi connectivity index (χ0n) is 15.2. The number of pyridine rings is 1. The van der Waals surface area contributed by atoms with Gasteiger partial charge in [-0.1, -0.05) is 30.3 Å². The van der Waals surface area contributed by atoms with Crippen molar-refractivity contribution in [2.45, 2.75) is 13.8 Å². The third kappa shape index (κ3) is 5.80. The van der Waals surface area contributed by atoms with Crippen LogP contribution in [0.1, 0.15) is 25.2 Å². The van der Waals surface area contributed by atoms with Gasteiger partial charge in [-0.2, -0.15) is 0 Å². The number of hydrogen-bond acceptors (Lipinski definition) is 3. The van der Waals surface area contributed by atoms with Crippen molar-refractivity contribution in [3.8, 4) is 0 Å². The van der Waals surface area contributed by atoms with Crippen molar-refractivity contribution in [3.63, 3.8) is 0 Å². The van der Waals surface area contributed by atoms with Gasteiger partial charge in [0, 0.05) is 17.1 Å². The quantitative estimate of drug-likeness (QED) is 0.358. The molecule has 3 rings (SSSR count). The van der Waals surface area contributed by atoms with Crippen LogP contribution in [0.15, 0.2) is 76.7 Å². The van der Waals surface area contributed by atoms with Gasteiger partial charge >= 0.3 is 0 Å². The van der Waals surface area contributed by atoms with Crippen LogP contribution in [0.2, 0.25) is 0 Å². The standard InChI is InChI=1S/C21H17F2N3.ClH.Fe/c1-14(24-20-10-5-3-8-16(20)22)18-12-7-13-19(26-18)15(2)25-21-11-6-4-9-17(21)23;;/h3-13H,1-2H3;1H;/b24-14+,25-15+;;. The van der Waals surface area contributed by atoms with Crippen LogP contribution in [-0.4, -0.2) is 16.4 Å². The van der Waals surface area contributed by atoms with Crippen LogP contribution >= 0.6 is 12.4 Å². The van der Waals surface area contributed by atoms with Gasteiger partial charge in [0.1, 0.15) is 11.6 Å². The zero-order chi connectivity index (χ0) is 18.5. The summed E-state index contributed by atoms with van der Waals surface area (Å²) >= 11 is 0. The Morgan fingerprint density at radius 3 is 1.46 bits per heavy atom. The monoisotopic (exact) mass is 441 g/mol. The molecule has 0 aliphatic rings. The first-order valence-electron chi connectivity index (χ1n) is 8.12. The van der Waals surface area contributed by atoms with Gasteiger partial charge in [-0.25, -0.2) is 23.7 Å². The Morgan fingerprint density at radius 1 is 0.679 bits per heavy atom. The molecule has 0 amide bonds. The van der Waals surface area contributed by atoms with Crippen LogP contribution in [0, 0.1) is 11.6 Å². The first kappa shape index (κ1) is 23.6. The van der Waals surface area contributed by atoms with Crippen molar-refractivity contribution in [3.05, 3.63) is 89.8 Å². The molecule has 146 valence electrons. The Hall–Kier alpha value is -2.40. The van der Waals surface area contributed by atoms with Gasteiger partial charge in [0.15, 0.2) is 0 Å². The summed E-state index contributed by atoms with van der Waals surface area (Å²) in [6, 6.07) is 18.0. The molecule has 0 atom stereocenters. The fourth-order valence-electron chi connectivity index (χ4n) is 2.40. The van der Waals surface area contributed by atoms with Gasteiger partial charge in [0.2, 0.25) is 0 Å². The van der Waals surface area contributed by atoms with Crippen LogP contribution < -0.4 is 0 Å². The van der Waals surface area contributed by atoms with E-state index in [9.17, 15) is 8.78 Å². The maximum atomic E-state index is 13.8. The summed E-state index contributed by atoms with van der Waals surface area (Å²) in [6.07, 6.45) is 0. The minimum atomic E-state index is -0.389. The molecular weight excluding hydrogens is 424 g/mol. The van der Waals surface area contributed by atoms with E-state index >= 15 is 0 Å². The molecule has 0 spiro atoms. The Morgan fingerprint density at radius 2 is 1.07 bits per heavy atom. The van der Waals surface area contributed by atoms with Gasteiger partial charge in [0.05, 0.1) is 34.2 Å². The minimum Gasteiger partial charge on any atom is -0.248 e. The second kappa shape index (κ2) is 10.8. The van der Waals surface area contributed by atoms with Gasteiger partial charge in [-0.3, -0.25) is 0 Å². The molecule has 0 saturated carbocycles. The van der Waals surface area contributed by atoms with Crippen LogP contribution in [0.3, 0.4) is 0 Å². The van der Waals surface area contributed by atoms with E-state index in [4.69, 9.17) is 0 Å². The zero-order valence-corrected chi connectivity index (χ0v) is 17.1. The topological polar surface area (TPSA) is 37.6 Å². The molecule has 3 nitrogen and oxygen atoms in total. The average molecular weight is 442 g/mol. The molecule has 0 bridgehead atoms. The molecule has 1 aromatic heterocycles. The van der Waals surface area contributed by atoms with Crippen molar-refractivity contribution in [2.24, 2.45) is 9.98 Å². The van der Waals surface area contributed by atoms with Crippen LogP contribution in [0.4, 0.5) is 20.2 Å². The second-order valence-electron chi connectivity index (χ2n) is 5.71. The average Bonchev–Trinajstić information content (AvgIpc) is 2.65. The molecule has 0 fully saturated rings. The fraction of sp³-hybridized carbons (Fsp3) is 0.0952. The van der Waals surface area contributed by atoms with Crippen LogP contribution in [0.5, 0.6) is 0 Å². The Balaban J connectivity index is 0.00000196. The van der Waals surface area contributed by atoms with Crippen molar-refractivity contribution in [1.29, 1.82) is 0 Å². The summed E-state index contributed by atoms with van der Waals surface area (Å²) < 4.78 is 27.5. The number of para-hydroxylation sites is 2. The van der Waals surface area contributed by atoms with E-state index in [2.05, 4.69) is 15.0 Å². The Bertz CT molecular complexity index is 929. The molecule has 2 aromatic carbocycles.